The van der Waals surface area contributed by atoms with E-state index in [1.54, 1.807) is 31.3 Å². The molecule has 3 aromatic rings. The summed E-state index contributed by atoms with van der Waals surface area (Å²) in [7, 11) is 3.16. The van der Waals surface area contributed by atoms with E-state index in [0.29, 0.717) is 36.2 Å². The maximum atomic E-state index is 12.5. The van der Waals surface area contributed by atoms with E-state index in [4.69, 9.17) is 14.0 Å². The summed E-state index contributed by atoms with van der Waals surface area (Å²) in [6.07, 6.45) is 1.32. The van der Waals surface area contributed by atoms with Gasteiger partial charge in [0.2, 0.25) is 17.6 Å². The van der Waals surface area contributed by atoms with Gasteiger partial charge in [-0.05, 0) is 42.3 Å². The molecule has 1 aromatic heterocycles. The van der Waals surface area contributed by atoms with Gasteiger partial charge in [-0.3, -0.25) is 4.79 Å². The van der Waals surface area contributed by atoms with Crippen LogP contribution in [0.25, 0.3) is 11.4 Å². The van der Waals surface area contributed by atoms with Crippen LogP contribution in [0.2, 0.25) is 0 Å². The minimum atomic E-state index is -0.130. The lowest BCUT2D eigenvalue weighted by Gasteiger charge is -2.16. The summed E-state index contributed by atoms with van der Waals surface area (Å²) in [6, 6.07) is 13.5. The minimum absolute atomic E-state index is 0.0603. The highest BCUT2D eigenvalue weighted by Gasteiger charge is 2.35. The van der Waals surface area contributed by atoms with E-state index >= 15 is 0 Å². The fourth-order valence-corrected chi connectivity index (χ4v) is 3.53. The van der Waals surface area contributed by atoms with E-state index in [-0.39, 0.29) is 11.8 Å². The van der Waals surface area contributed by atoms with E-state index in [0.717, 1.165) is 17.7 Å². The number of carbonyl (C=O) groups is 1. The maximum absolute atomic E-state index is 12.5. The fraction of sp³-hybridized carbons (Fsp3) is 0.318. The minimum Gasteiger partial charge on any atom is -0.493 e. The molecule has 7 nitrogen and oxygen atoms in total. The molecule has 0 radical (unpaired) electrons. The summed E-state index contributed by atoms with van der Waals surface area (Å²) in [4.78, 5) is 18.9. The van der Waals surface area contributed by atoms with Crippen molar-refractivity contribution < 1.29 is 18.8 Å². The second-order valence-electron chi connectivity index (χ2n) is 6.95. The summed E-state index contributed by atoms with van der Waals surface area (Å²) < 4.78 is 16.1. The normalized spacial score (nSPS) is 16.3. The van der Waals surface area contributed by atoms with Gasteiger partial charge in [-0.1, -0.05) is 24.2 Å². The molecule has 150 valence electrons. The van der Waals surface area contributed by atoms with Crippen molar-refractivity contribution in [1.82, 2.24) is 10.1 Å². The molecule has 1 aliphatic rings. The van der Waals surface area contributed by atoms with Crippen LogP contribution < -0.4 is 14.4 Å². The summed E-state index contributed by atoms with van der Waals surface area (Å²) in [5, 5.41) is 4.10. The molecule has 1 atom stereocenters. The van der Waals surface area contributed by atoms with E-state index in [1.165, 1.54) is 5.56 Å². The molecule has 4 rings (SSSR count). The zero-order valence-electron chi connectivity index (χ0n) is 16.7. The highest BCUT2D eigenvalue weighted by Crippen LogP contribution is 2.34. The Morgan fingerprint density at radius 3 is 2.55 bits per heavy atom. The number of carbonyl (C=O) groups excluding carboxylic acids is 1. The third kappa shape index (κ3) is 3.68. The number of hydrogen-bond acceptors (Lipinski definition) is 6. The van der Waals surface area contributed by atoms with Gasteiger partial charge in [0.25, 0.3) is 0 Å². The second kappa shape index (κ2) is 7.95. The van der Waals surface area contributed by atoms with Crippen molar-refractivity contribution in [2.24, 2.45) is 0 Å². The van der Waals surface area contributed by atoms with Crippen molar-refractivity contribution in [3.8, 4) is 22.9 Å². The molecule has 0 bridgehead atoms. The quantitative estimate of drug-likeness (QED) is 0.633. The van der Waals surface area contributed by atoms with Crippen LogP contribution in [0.5, 0.6) is 11.5 Å². The highest BCUT2D eigenvalue weighted by atomic mass is 16.5. The Hall–Kier alpha value is -3.35. The Morgan fingerprint density at radius 1 is 1.10 bits per heavy atom. The van der Waals surface area contributed by atoms with Gasteiger partial charge in [0, 0.05) is 24.2 Å². The highest BCUT2D eigenvalue weighted by molar-refractivity contribution is 5.96. The van der Waals surface area contributed by atoms with Crippen molar-refractivity contribution in [1.29, 1.82) is 0 Å². The molecule has 0 aliphatic carbocycles. The number of hydrogen-bond donors (Lipinski definition) is 0. The third-order valence-corrected chi connectivity index (χ3v) is 5.21. The molecule has 1 amide bonds. The number of ether oxygens (including phenoxy) is 2. The number of methoxy groups -OCH3 is 2. The zero-order chi connectivity index (χ0) is 20.4. The number of nitrogens with zero attached hydrogens (tertiary/aromatic N) is 3. The zero-order valence-corrected chi connectivity index (χ0v) is 16.7. The van der Waals surface area contributed by atoms with Crippen LogP contribution in [0, 0.1) is 0 Å². The van der Waals surface area contributed by atoms with Crippen LogP contribution in [-0.2, 0) is 11.2 Å². The topological polar surface area (TPSA) is 77.7 Å². The molecular weight excluding hydrogens is 370 g/mol. The molecule has 0 unspecified atom stereocenters. The first kappa shape index (κ1) is 19.0. The molecule has 1 aliphatic heterocycles. The van der Waals surface area contributed by atoms with Gasteiger partial charge >= 0.3 is 0 Å². The van der Waals surface area contributed by atoms with Gasteiger partial charge in [-0.25, -0.2) is 0 Å². The molecule has 1 saturated heterocycles. The van der Waals surface area contributed by atoms with E-state index in [9.17, 15) is 4.79 Å². The number of rotatable bonds is 6. The number of anilines is 1. The fourth-order valence-electron chi connectivity index (χ4n) is 3.53. The summed E-state index contributed by atoms with van der Waals surface area (Å²) in [5.74, 6) is 2.08. The van der Waals surface area contributed by atoms with E-state index in [1.807, 2.05) is 18.2 Å². The standard InChI is InChI=1S/C22H23N3O4/c1-4-14-5-8-17(9-6-14)25-13-16(12-20(25)26)22-23-21(24-29-22)15-7-10-18(27-2)19(11-15)28-3/h5-11,16H,4,12-13H2,1-3H3/t16-/m1/s1. The van der Waals surface area contributed by atoms with Crippen LogP contribution >= 0.6 is 0 Å². The Morgan fingerprint density at radius 2 is 1.86 bits per heavy atom. The van der Waals surface area contributed by atoms with Gasteiger partial charge in [0.1, 0.15) is 0 Å². The van der Waals surface area contributed by atoms with Gasteiger partial charge < -0.3 is 18.9 Å². The Labute approximate surface area is 169 Å². The van der Waals surface area contributed by atoms with Crippen LogP contribution in [0.3, 0.4) is 0 Å². The van der Waals surface area contributed by atoms with Crippen molar-refractivity contribution in [3.63, 3.8) is 0 Å². The predicted molar refractivity (Wildman–Crippen MR) is 108 cm³/mol. The smallest absolute Gasteiger partial charge is 0.232 e. The first-order valence-electron chi connectivity index (χ1n) is 9.58. The largest absolute Gasteiger partial charge is 0.493 e. The van der Waals surface area contributed by atoms with Crippen molar-refractivity contribution in [2.45, 2.75) is 25.7 Å². The van der Waals surface area contributed by atoms with Gasteiger partial charge in [-0.2, -0.15) is 4.98 Å². The molecule has 7 heteroatoms. The Balaban J connectivity index is 1.53. The molecule has 0 spiro atoms. The van der Waals surface area contributed by atoms with Gasteiger partial charge in [0.15, 0.2) is 11.5 Å². The monoisotopic (exact) mass is 393 g/mol. The Bertz CT molecular complexity index is 1010. The third-order valence-electron chi connectivity index (χ3n) is 5.21. The first-order valence-corrected chi connectivity index (χ1v) is 9.58. The lowest BCUT2D eigenvalue weighted by atomic mass is 10.1. The number of aryl methyl sites for hydroxylation is 1. The molecule has 0 N–H and O–H groups in total. The molecule has 29 heavy (non-hydrogen) atoms. The van der Waals surface area contributed by atoms with Crippen LogP contribution in [0.15, 0.2) is 47.0 Å². The summed E-state index contributed by atoms with van der Waals surface area (Å²) in [6.45, 7) is 2.63. The first-order chi connectivity index (χ1) is 14.1. The van der Waals surface area contributed by atoms with Crippen molar-refractivity contribution in [3.05, 3.63) is 53.9 Å². The molecular formula is C22H23N3O4. The predicted octanol–water partition coefficient (Wildman–Crippen LogP) is 3.84. The maximum Gasteiger partial charge on any atom is 0.232 e. The second-order valence-corrected chi connectivity index (χ2v) is 6.95. The lowest BCUT2D eigenvalue weighted by Crippen LogP contribution is -2.24. The molecule has 0 saturated carbocycles. The van der Waals surface area contributed by atoms with Gasteiger partial charge in [0.05, 0.1) is 20.1 Å². The summed E-state index contributed by atoms with van der Waals surface area (Å²) in [5.41, 5.74) is 2.90. The average Bonchev–Trinajstić information content (AvgIpc) is 3.40. The average molecular weight is 393 g/mol. The van der Waals surface area contributed by atoms with Gasteiger partial charge in [-0.15, -0.1) is 0 Å². The van der Waals surface area contributed by atoms with Crippen LogP contribution in [0.4, 0.5) is 5.69 Å². The SMILES string of the molecule is CCc1ccc(N2C[C@H](c3nc(-c4ccc(OC)c(OC)c4)no3)CC2=O)cc1. The van der Waals surface area contributed by atoms with Crippen molar-refractivity contribution in [2.75, 3.05) is 25.7 Å². The number of amides is 1. The number of benzene rings is 2. The molecule has 1 fully saturated rings. The van der Waals surface area contributed by atoms with Crippen molar-refractivity contribution >= 4 is 11.6 Å². The summed E-state index contributed by atoms with van der Waals surface area (Å²) >= 11 is 0. The molecule has 2 heterocycles. The van der Waals surface area contributed by atoms with E-state index < -0.39 is 0 Å². The van der Waals surface area contributed by atoms with Crippen LogP contribution in [-0.4, -0.2) is 36.8 Å². The van der Waals surface area contributed by atoms with Crippen LogP contribution in [0.1, 0.15) is 30.7 Å². The Kier molecular flexibility index (Phi) is 5.20. The van der Waals surface area contributed by atoms with E-state index in [2.05, 4.69) is 29.2 Å². The lowest BCUT2D eigenvalue weighted by molar-refractivity contribution is -0.117. The molecule has 2 aromatic carbocycles. The number of aromatic nitrogens is 2.